The van der Waals surface area contributed by atoms with Crippen molar-refractivity contribution >= 4 is 46.2 Å². The van der Waals surface area contributed by atoms with Crippen molar-refractivity contribution in [3.05, 3.63) is 28.2 Å². The summed E-state index contributed by atoms with van der Waals surface area (Å²) in [5.41, 5.74) is 0.832. The van der Waals surface area contributed by atoms with E-state index in [1.54, 1.807) is 17.0 Å². The molecule has 14 heavy (non-hydrogen) atoms. The van der Waals surface area contributed by atoms with Gasteiger partial charge in [-0.2, -0.15) is 0 Å². The number of rotatable bonds is 1. The molecule has 0 aliphatic heterocycles. The molecule has 0 amide bonds. The van der Waals surface area contributed by atoms with Gasteiger partial charge in [0.1, 0.15) is 0 Å². The van der Waals surface area contributed by atoms with Crippen LogP contribution in [0.25, 0.3) is 0 Å². The highest BCUT2D eigenvalue weighted by molar-refractivity contribution is 7.80. The molecule has 0 aromatic heterocycles. The van der Waals surface area contributed by atoms with Crippen molar-refractivity contribution in [2.75, 3.05) is 19.4 Å². The van der Waals surface area contributed by atoms with E-state index in [0.717, 1.165) is 5.69 Å². The van der Waals surface area contributed by atoms with E-state index in [1.807, 2.05) is 20.2 Å². The summed E-state index contributed by atoms with van der Waals surface area (Å²) in [5.74, 6) is 0. The van der Waals surface area contributed by atoms with Crippen LogP contribution in [0, 0.1) is 0 Å². The molecule has 0 saturated carbocycles. The van der Waals surface area contributed by atoms with Crippen LogP contribution in [0.4, 0.5) is 5.69 Å². The van der Waals surface area contributed by atoms with Crippen molar-refractivity contribution in [2.24, 2.45) is 0 Å². The minimum absolute atomic E-state index is 0.512. The lowest BCUT2D eigenvalue weighted by molar-refractivity contribution is 0.634. The third kappa shape index (κ3) is 3.01. The average Bonchev–Trinajstić information content (AvgIpc) is 2.11. The molecule has 0 aliphatic carbocycles. The quantitative estimate of drug-likeness (QED) is 0.769. The Labute approximate surface area is 98.8 Å². The predicted octanol–water partition coefficient (Wildman–Crippen LogP) is 3.25. The third-order valence-corrected chi connectivity index (χ3v) is 2.78. The molecule has 0 unspecified atom stereocenters. The van der Waals surface area contributed by atoms with Crippen LogP contribution >= 0.6 is 35.4 Å². The first-order chi connectivity index (χ1) is 6.50. The number of nitrogens with one attached hydrogen (secondary N) is 1. The molecule has 0 radical (unpaired) electrons. The predicted molar refractivity (Wildman–Crippen MR) is 66.4 cm³/mol. The number of hydrogen-bond donors (Lipinski definition) is 1. The van der Waals surface area contributed by atoms with Crippen LogP contribution in [0.1, 0.15) is 0 Å². The Morgan fingerprint density at radius 3 is 2.43 bits per heavy atom. The lowest BCUT2D eigenvalue weighted by atomic mass is 10.3. The first-order valence-corrected chi connectivity index (χ1v) is 5.10. The Hall–Kier alpha value is -0.510. The van der Waals surface area contributed by atoms with Crippen molar-refractivity contribution in [3.63, 3.8) is 0 Å². The van der Waals surface area contributed by atoms with Gasteiger partial charge in [-0.3, -0.25) is 0 Å². The smallest absolute Gasteiger partial charge is 0.172 e. The standard InChI is InChI=1S/C9H10Cl2N2S/c1-13(2)9(14)12-6-3-4-7(10)8(11)5-6/h3-5H,1-2H3,(H,12,14). The van der Waals surface area contributed by atoms with Gasteiger partial charge in [-0.25, -0.2) is 0 Å². The molecule has 1 aromatic carbocycles. The highest BCUT2D eigenvalue weighted by Crippen LogP contribution is 2.24. The monoisotopic (exact) mass is 248 g/mol. The molecular weight excluding hydrogens is 239 g/mol. The molecule has 0 aliphatic rings. The summed E-state index contributed by atoms with van der Waals surface area (Å²) in [7, 11) is 3.74. The van der Waals surface area contributed by atoms with Crippen LogP contribution in [0.3, 0.4) is 0 Å². The summed E-state index contributed by atoms with van der Waals surface area (Å²) in [6.07, 6.45) is 0. The van der Waals surface area contributed by atoms with Gasteiger partial charge in [-0.15, -0.1) is 0 Å². The number of halogens is 2. The van der Waals surface area contributed by atoms with Gasteiger partial charge in [0.2, 0.25) is 0 Å². The molecule has 2 nitrogen and oxygen atoms in total. The Balaban J connectivity index is 2.78. The molecule has 76 valence electrons. The van der Waals surface area contributed by atoms with Crippen molar-refractivity contribution in [1.82, 2.24) is 4.90 Å². The van der Waals surface area contributed by atoms with E-state index in [4.69, 9.17) is 35.4 Å². The van der Waals surface area contributed by atoms with Crippen LogP contribution in [0.2, 0.25) is 10.0 Å². The van der Waals surface area contributed by atoms with E-state index in [9.17, 15) is 0 Å². The normalized spacial score (nSPS) is 9.71. The van der Waals surface area contributed by atoms with E-state index in [0.29, 0.717) is 15.2 Å². The van der Waals surface area contributed by atoms with Crippen LogP contribution in [-0.2, 0) is 0 Å². The van der Waals surface area contributed by atoms with Gasteiger partial charge in [0, 0.05) is 19.8 Å². The summed E-state index contributed by atoms with van der Waals surface area (Å²) < 4.78 is 0. The number of anilines is 1. The molecule has 0 bridgehead atoms. The topological polar surface area (TPSA) is 15.3 Å². The number of hydrogen-bond acceptors (Lipinski definition) is 1. The van der Waals surface area contributed by atoms with Gasteiger partial charge in [0.25, 0.3) is 0 Å². The summed E-state index contributed by atoms with van der Waals surface area (Å²) >= 11 is 16.7. The number of nitrogens with zero attached hydrogens (tertiary/aromatic N) is 1. The van der Waals surface area contributed by atoms with E-state index < -0.39 is 0 Å². The maximum atomic E-state index is 5.85. The van der Waals surface area contributed by atoms with Gasteiger partial charge in [0.05, 0.1) is 10.0 Å². The molecule has 0 heterocycles. The summed E-state index contributed by atoms with van der Waals surface area (Å²) in [4.78, 5) is 1.80. The summed E-state index contributed by atoms with van der Waals surface area (Å²) in [5, 5.41) is 4.70. The van der Waals surface area contributed by atoms with Crippen LogP contribution < -0.4 is 5.32 Å². The second-order valence-electron chi connectivity index (χ2n) is 2.95. The fourth-order valence-electron chi connectivity index (χ4n) is 0.809. The summed E-state index contributed by atoms with van der Waals surface area (Å²) in [6, 6.07) is 5.29. The molecule has 0 spiro atoms. The number of thiocarbonyl (C=S) groups is 1. The van der Waals surface area contributed by atoms with Crippen molar-refractivity contribution in [3.8, 4) is 0 Å². The fraction of sp³-hybridized carbons (Fsp3) is 0.222. The number of benzene rings is 1. The molecule has 0 fully saturated rings. The van der Waals surface area contributed by atoms with Crippen LogP contribution in [0.15, 0.2) is 18.2 Å². The van der Waals surface area contributed by atoms with Gasteiger partial charge in [-0.1, -0.05) is 23.2 Å². The van der Waals surface area contributed by atoms with E-state index in [-0.39, 0.29) is 0 Å². The zero-order chi connectivity index (χ0) is 10.7. The van der Waals surface area contributed by atoms with Gasteiger partial charge in [0.15, 0.2) is 5.11 Å². The molecule has 5 heteroatoms. The van der Waals surface area contributed by atoms with Crippen LogP contribution in [0.5, 0.6) is 0 Å². The Bertz CT molecular complexity index is 353. The molecular formula is C9H10Cl2N2S. The van der Waals surface area contributed by atoms with Crippen molar-refractivity contribution in [1.29, 1.82) is 0 Å². The average molecular weight is 249 g/mol. The largest absolute Gasteiger partial charge is 0.355 e. The second kappa shape index (κ2) is 4.82. The van der Waals surface area contributed by atoms with Crippen LogP contribution in [-0.4, -0.2) is 24.1 Å². The van der Waals surface area contributed by atoms with Crippen molar-refractivity contribution in [2.45, 2.75) is 0 Å². The van der Waals surface area contributed by atoms with Gasteiger partial charge in [-0.05, 0) is 30.4 Å². The minimum atomic E-state index is 0.512. The molecule has 0 saturated heterocycles. The van der Waals surface area contributed by atoms with Crippen molar-refractivity contribution < 1.29 is 0 Å². The molecule has 1 aromatic rings. The highest BCUT2D eigenvalue weighted by atomic mass is 35.5. The maximum absolute atomic E-state index is 5.85. The zero-order valence-electron chi connectivity index (χ0n) is 7.84. The lowest BCUT2D eigenvalue weighted by Crippen LogP contribution is -2.26. The van der Waals surface area contributed by atoms with Gasteiger partial charge >= 0.3 is 0 Å². The Kier molecular flexibility index (Phi) is 3.98. The SMILES string of the molecule is CN(C)C(=S)Nc1ccc(Cl)c(Cl)c1. The third-order valence-electron chi connectivity index (χ3n) is 1.58. The van der Waals surface area contributed by atoms with E-state index in [2.05, 4.69) is 5.32 Å². The van der Waals surface area contributed by atoms with Gasteiger partial charge < -0.3 is 10.2 Å². The zero-order valence-corrected chi connectivity index (χ0v) is 10.2. The lowest BCUT2D eigenvalue weighted by Gasteiger charge is -2.15. The molecule has 1 N–H and O–H groups in total. The maximum Gasteiger partial charge on any atom is 0.172 e. The Morgan fingerprint density at radius 2 is 1.93 bits per heavy atom. The highest BCUT2D eigenvalue weighted by Gasteiger charge is 2.02. The fourth-order valence-corrected chi connectivity index (χ4v) is 1.23. The summed E-state index contributed by atoms with van der Waals surface area (Å²) in [6.45, 7) is 0. The van der Waals surface area contributed by atoms with E-state index in [1.165, 1.54) is 0 Å². The molecule has 1 rings (SSSR count). The molecule has 0 atom stereocenters. The Morgan fingerprint density at radius 1 is 1.29 bits per heavy atom. The first kappa shape index (κ1) is 11.6. The first-order valence-electron chi connectivity index (χ1n) is 3.94. The van der Waals surface area contributed by atoms with E-state index >= 15 is 0 Å². The minimum Gasteiger partial charge on any atom is -0.355 e. The second-order valence-corrected chi connectivity index (χ2v) is 4.15.